The molecule has 0 aliphatic heterocycles. The largest absolute Gasteiger partial charge is 0.496 e. The fraction of sp³-hybridized carbons (Fsp3) is 0.0769. The third kappa shape index (κ3) is 1.66. The van der Waals surface area contributed by atoms with E-state index in [1.54, 1.807) is 13.2 Å². The van der Waals surface area contributed by atoms with Crippen LogP contribution in [0.4, 0.5) is 5.82 Å². The molecule has 0 aliphatic carbocycles. The first-order valence-electron chi connectivity index (χ1n) is 5.53. The SMILES string of the molecule is COc1ccccc1-c1nc2nc(N)ccc2[nH]1. The fourth-order valence-corrected chi connectivity index (χ4v) is 1.88. The summed E-state index contributed by atoms with van der Waals surface area (Å²) in [5, 5.41) is 0. The number of anilines is 1. The Morgan fingerprint density at radius 2 is 1.94 bits per heavy atom. The molecule has 3 rings (SSSR count). The molecule has 0 unspecified atom stereocenters. The number of benzene rings is 1. The molecule has 0 amide bonds. The van der Waals surface area contributed by atoms with Crippen LogP contribution in [0.5, 0.6) is 5.75 Å². The predicted molar refractivity (Wildman–Crippen MR) is 70.3 cm³/mol. The highest BCUT2D eigenvalue weighted by molar-refractivity contribution is 5.78. The summed E-state index contributed by atoms with van der Waals surface area (Å²) >= 11 is 0. The number of nitrogens with zero attached hydrogens (tertiary/aromatic N) is 2. The first-order chi connectivity index (χ1) is 8.78. The number of H-pyrrole nitrogens is 1. The molecule has 1 aromatic carbocycles. The molecule has 0 spiro atoms. The van der Waals surface area contributed by atoms with Crippen LogP contribution in [0.15, 0.2) is 36.4 Å². The van der Waals surface area contributed by atoms with Gasteiger partial charge in [0, 0.05) is 0 Å². The minimum absolute atomic E-state index is 0.459. The van der Waals surface area contributed by atoms with Crippen LogP contribution in [0.3, 0.4) is 0 Å². The zero-order valence-electron chi connectivity index (χ0n) is 9.84. The molecule has 2 aromatic heterocycles. The zero-order valence-corrected chi connectivity index (χ0v) is 9.84. The van der Waals surface area contributed by atoms with Gasteiger partial charge in [0.15, 0.2) is 5.65 Å². The number of imidazole rings is 1. The molecule has 0 saturated heterocycles. The van der Waals surface area contributed by atoms with Crippen molar-refractivity contribution in [2.75, 3.05) is 12.8 Å². The lowest BCUT2D eigenvalue weighted by Crippen LogP contribution is -1.89. The summed E-state index contributed by atoms with van der Waals surface area (Å²) in [5.41, 5.74) is 8.00. The predicted octanol–water partition coefficient (Wildman–Crippen LogP) is 2.22. The van der Waals surface area contributed by atoms with Crippen molar-refractivity contribution in [1.82, 2.24) is 15.0 Å². The minimum atomic E-state index is 0.459. The molecule has 2 heterocycles. The third-order valence-electron chi connectivity index (χ3n) is 2.73. The van der Waals surface area contributed by atoms with Gasteiger partial charge in [-0.3, -0.25) is 0 Å². The van der Waals surface area contributed by atoms with E-state index < -0.39 is 0 Å². The van der Waals surface area contributed by atoms with Crippen LogP contribution in [0.25, 0.3) is 22.6 Å². The van der Waals surface area contributed by atoms with Crippen LogP contribution in [0.1, 0.15) is 0 Å². The lowest BCUT2D eigenvalue weighted by molar-refractivity contribution is 0.416. The van der Waals surface area contributed by atoms with Crippen molar-refractivity contribution in [1.29, 1.82) is 0 Å². The molecule has 5 heteroatoms. The second-order valence-electron chi connectivity index (χ2n) is 3.89. The van der Waals surface area contributed by atoms with Gasteiger partial charge in [-0.1, -0.05) is 12.1 Å². The number of fused-ring (bicyclic) bond motifs is 1. The summed E-state index contributed by atoms with van der Waals surface area (Å²) in [7, 11) is 1.64. The topological polar surface area (TPSA) is 76.8 Å². The summed E-state index contributed by atoms with van der Waals surface area (Å²) < 4.78 is 5.31. The Labute approximate surface area is 104 Å². The number of hydrogen-bond donors (Lipinski definition) is 2. The van der Waals surface area contributed by atoms with Crippen LogP contribution < -0.4 is 10.5 Å². The number of nitrogen functional groups attached to an aromatic ring is 1. The minimum Gasteiger partial charge on any atom is -0.496 e. The zero-order chi connectivity index (χ0) is 12.5. The van der Waals surface area contributed by atoms with Gasteiger partial charge in [-0.25, -0.2) is 9.97 Å². The van der Waals surface area contributed by atoms with E-state index in [2.05, 4.69) is 15.0 Å². The lowest BCUT2D eigenvalue weighted by Gasteiger charge is -2.04. The van der Waals surface area contributed by atoms with Gasteiger partial charge in [0.1, 0.15) is 17.4 Å². The van der Waals surface area contributed by atoms with E-state index >= 15 is 0 Å². The number of pyridine rings is 1. The molecular weight excluding hydrogens is 228 g/mol. The molecule has 5 nitrogen and oxygen atoms in total. The number of para-hydroxylation sites is 1. The van der Waals surface area contributed by atoms with Gasteiger partial charge in [0.2, 0.25) is 0 Å². The molecular formula is C13H12N4O. The fourth-order valence-electron chi connectivity index (χ4n) is 1.88. The van der Waals surface area contributed by atoms with E-state index in [9.17, 15) is 0 Å². The number of ether oxygens (including phenoxy) is 1. The normalized spacial score (nSPS) is 10.7. The van der Waals surface area contributed by atoms with Crippen LogP contribution >= 0.6 is 0 Å². The van der Waals surface area contributed by atoms with Crippen LogP contribution in [0.2, 0.25) is 0 Å². The number of methoxy groups -OCH3 is 1. The number of nitrogens with two attached hydrogens (primary N) is 1. The van der Waals surface area contributed by atoms with Gasteiger partial charge in [-0.15, -0.1) is 0 Å². The average molecular weight is 240 g/mol. The van der Waals surface area contributed by atoms with E-state index in [4.69, 9.17) is 10.5 Å². The molecule has 0 aliphatic rings. The van der Waals surface area contributed by atoms with Crippen molar-refractivity contribution in [3.8, 4) is 17.1 Å². The summed E-state index contributed by atoms with van der Waals surface area (Å²) in [6.07, 6.45) is 0. The Kier molecular flexibility index (Phi) is 2.37. The molecule has 3 aromatic rings. The highest BCUT2D eigenvalue weighted by Gasteiger charge is 2.10. The van der Waals surface area contributed by atoms with Crippen molar-refractivity contribution < 1.29 is 4.74 Å². The van der Waals surface area contributed by atoms with Gasteiger partial charge in [-0.2, -0.15) is 0 Å². The number of aromatic amines is 1. The van der Waals surface area contributed by atoms with E-state index in [1.807, 2.05) is 30.3 Å². The van der Waals surface area contributed by atoms with E-state index in [0.29, 0.717) is 11.5 Å². The maximum atomic E-state index is 5.64. The Hall–Kier alpha value is -2.56. The molecule has 3 N–H and O–H groups in total. The highest BCUT2D eigenvalue weighted by Crippen LogP contribution is 2.28. The van der Waals surface area contributed by atoms with E-state index in [0.717, 1.165) is 22.7 Å². The maximum Gasteiger partial charge on any atom is 0.180 e. The van der Waals surface area contributed by atoms with Gasteiger partial charge >= 0.3 is 0 Å². The van der Waals surface area contributed by atoms with Crippen molar-refractivity contribution in [3.63, 3.8) is 0 Å². The highest BCUT2D eigenvalue weighted by atomic mass is 16.5. The Balaban J connectivity index is 2.19. The average Bonchev–Trinajstić information content (AvgIpc) is 2.81. The van der Waals surface area contributed by atoms with Crippen LogP contribution in [-0.4, -0.2) is 22.1 Å². The first kappa shape index (κ1) is 10.6. The van der Waals surface area contributed by atoms with Gasteiger partial charge in [-0.05, 0) is 24.3 Å². The summed E-state index contributed by atoms with van der Waals surface area (Å²) in [6.45, 7) is 0. The smallest absolute Gasteiger partial charge is 0.180 e. The molecule has 18 heavy (non-hydrogen) atoms. The molecule has 0 atom stereocenters. The van der Waals surface area contributed by atoms with Crippen LogP contribution in [0, 0.1) is 0 Å². The number of aromatic nitrogens is 3. The molecule has 90 valence electrons. The number of nitrogens with one attached hydrogen (secondary N) is 1. The molecule has 0 radical (unpaired) electrons. The Morgan fingerprint density at radius 1 is 1.11 bits per heavy atom. The van der Waals surface area contributed by atoms with Gasteiger partial charge < -0.3 is 15.5 Å². The van der Waals surface area contributed by atoms with Crippen molar-refractivity contribution in [3.05, 3.63) is 36.4 Å². The summed E-state index contributed by atoms with van der Waals surface area (Å²) in [6, 6.07) is 11.3. The monoisotopic (exact) mass is 240 g/mol. The third-order valence-corrected chi connectivity index (χ3v) is 2.73. The quantitative estimate of drug-likeness (QED) is 0.720. The lowest BCUT2D eigenvalue weighted by atomic mass is 10.2. The second kappa shape index (κ2) is 4.03. The van der Waals surface area contributed by atoms with E-state index in [-0.39, 0.29) is 0 Å². The Morgan fingerprint density at radius 3 is 2.78 bits per heavy atom. The summed E-state index contributed by atoms with van der Waals surface area (Å²) in [5.74, 6) is 1.95. The molecule has 0 bridgehead atoms. The van der Waals surface area contributed by atoms with Gasteiger partial charge in [0.25, 0.3) is 0 Å². The number of hydrogen-bond acceptors (Lipinski definition) is 4. The van der Waals surface area contributed by atoms with Crippen LogP contribution in [-0.2, 0) is 0 Å². The molecule has 0 saturated carbocycles. The maximum absolute atomic E-state index is 5.64. The number of rotatable bonds is 2. The summed E-state index contributed by atoms with van der Waals surface area (Å²) in [4.78, 5) is 11.8. The Bertz CT molecular complexity index is 705. The van der Waals surface area contributed by atoms with Crippen molar-refractivity contribution in [2.24, 2.45) is 0 Å². The van der Waals surface area contributed by atoms with E-state index in [1.165, 1.54) is 0 Å². The first-order valence-corrected chi connectivity index (χ1v) is 5.53. The standard InChI is InChI=1S/C13H12N4O/c1-18-10-5-3-2-4-8(10)12-15-9-6-7-11(14)16-13(9)17-12/h2-7H,1H3,(H3,14,15,16,17). The van der Waals surface area contributed by atoms with Gasteiger partial charge in [0.05, 0.1) is 18.2 Å². The van der Waals surface area contributed by atoms with Crippen molar-refractivity contribution in [2.45, 2.75) is 0 Å². The van der Waals surface area contributed by atoms with Crippen molar-refractivity contribution >= 4 is 17.0 Å². The second-order valence-corrected chi connectivity index (χ2v) is 3.89. The molecule has 0 fully saturated rings.